The molecule has 3 heteroatoms. The van der Waals surface area contributed by atoms with Crippen LogP contribution in [-0.4, -0.2) is 35.7 Å². The molecule has 0 spiro atoms. The average Bonchev–Trinajstić information content (AvgIpc) is 2.50. The third-order valence-electron chi connectivity index (χ3n) is 4.57. The van der Waals surface area contributed by atoms with Gasteiger partial charge in [0.2, 0.25) is 0 Å². The SMILES string of the molecule is Cc1ccccc1C(CN)N(CCO)C1CCCCC1. The van der Waals surface area contributed by atoms with Crippen molar-refractivity contribution in [3.63, 3.8) is 0 Å². The van der Waals surface area contributed by atoms with Crippen molar-refractivity contribution < 1.29 is 5.11 Å². The largest absolute Gasteiger partial charge is 0.395 e. The maximum absolute atomic E-state index is 9.45. The van der Waals surface area contributed by atoms with E-state index in [2.05, 4.69) is 36.1 Å². The zero-order chi connectivity index (χ0) is 14.4. The molecular weight excluding hydrogens is 248 g/mol. The van der Waals surface area contributed by atoms with E-state index in [-0.39, 0.29) is 12.6 Å². The van der Waals surface area contributed by atoms with Gasteiger partial charge in [0.05, 0.1) is 6.61 Å². The average molecular weight is 276 g/mol. The monoisotopic (exact) mass is 276 g/mol. The molecule has 1 aromatic rings. The van der Waals surface area contributed by atoms with Gasteiger partial charge in [-0.05, 0) is 30.9 Å². The van der Waals surface area contributed by atoms with Gasteiger partial charge in [-0.15, -0.1) is 0 Å². The third-order valence-corrected chi connectivity index (χ3v) is 4.57. The highest BCUT2D eigenvalue weighted by molar-refractivity contribution is 5.29. The normalized spacial score (nSPS) is 18.4. The van der Waals surface area contributed by atoms with Crippen molar-refractivity contribution >= 4 is 0 Å². The number of aliphatic hydroxyl groups is 1. The van der Waals surface area contributed by atoms with Crippen molar-refractivity contribution in [2.24, 2.45) is 5.73 Å². The van der Waals surface area contributed by atoms with Gasteiger partial charge in [0.25, 0.3) is 0 Å². The third kappa shape index (κ3) is 3.60. The lowest BCUT2D eigenvalue weighted by Gasteiger charge is -2.40. The van der Waals surface area contributed by atoms with Crippen molar-refractivity contribution in [2.45, 2.75) is 51.1 Å². The minimum atomic E-state index is 0.207. The fraction of sp³-hybridized carbons (Fsp3) is 0.647. The lowest BCUT2D eigenvalue weighted by atomic mass is 9.91. The molecule has 1 aliphatic carbocycles. The molecule has 20 heavy (non-hydrogen) atoms. The summed E-state index contributed by atoms with van der Waals surface area (Å²) in [6.07, 6.45) is 6.43. The molecular formula is C17H28N2O. The standard InChI is InChI=1S/C17H28N2O/c1-14-7-5-6-10-16(14)17(13-18)19(11-12-20)15-8-3-2-4-9-15/h5-7,10,15,17,20H,2-4,8-9,11-13,18H2,1H3. The Hall–Kier alpha value is -0.900. The molecule has 112 valence electrons. The number of nitrogens with two attached hydrogens (primary N) is 1. The van der Waals surface area contributed by atoms with Crippen molar-refractivity contribution in [2.75, 3.05) is 19.7 Å². The van der Waals surface area contributed by atoms with E-state index in [1.165, 1.54) is 43.2 Å². The molecule has 0 bridgehead atoms. The molecule has 0 aliphatic heterocycles. The van der Waals surface area contributed by atoms with Crippen LogP contribution in [0.25, 0.3) is 0 Å². The van der Waals surface area contributed by atoms with E-state index in [0.29, 0.717) is 12.6 Å². The number of aryl methyl sites for hydroxylation is 1. The first-order chi connectivity index (χ1) is 9.77. The Morgan fingerprint density at radius 2 is 1.95 bits per heavy atom. The Morgan fingerprint density at radius 3 is 2.55 bits per heavy atom. The highest BCUT2D eigenvalue weighted by Crippen LogP contribution is 2.30. The quantitative estimate of drug-likeness (QED) is 0.839. The molecule has 1 atom stereocenters. The van der Waals surface area contributed by atoms with Crippen molar-refractivity contribution in [1.82, 2.24) is 4.90 Å². The first kappa shape index (κ1) is 15.5. The van der Waals surface area contributed by atoms with Gasteiger partial charge < -0.3 is 10.8 Å². The summed E-state index contributed by atoms with van der Waals surface area (Å²) in [5, 5.41) is 9.45. The zero-order valence-electron chi connectivity index (χ0n) is 12.6. The second-order valence-corrected chi connectivity index (χ2v) is 5.86. The minimum Gasteiger partial charge on any atom is -0.395 e. The van der Waals surface area contributed by atoms with Crippen molar-refractivity contribution in [3.05, 3.63) is 35.4 Å². The number of nitrogens with zero attached hydrogens (tertiary/aromatic N) is 1. The van der Waals surface area contributed by atoms with Crippen LogP contribution in [0.4, 0.5) is 0 Å². The van der Waals surface area contributed by atoms with Crippen LogP contribution in [0, 0.1) is 6.92 Å². The number of hydrogen-bond acceptors (Lipinski definition) is 3. The van der Waals surface area contributed by atoms with E-state index in [9.17, 15) is 5.11 Å². The Balaban J connectivity index is 2.22. The Labute approximate surface area is 122 Å². The van der Waals surface area contributed by atoms with Gasteiger partial charge in [0.1, 0.15) is 0 Å². The second-order valence-electron chi connectivity index (χ2n) is 5.86. The smallest absolute Gasteiger partial charge is 0.0558 e. The number of rotatable bonds is 6. The van der Waals surface area contributed by atoms with E-state index >= 15 is 0 Å². The summed E-state index contributed by atoms with van der Waals surface area (Å²) in [5.41, 5.74) is 8.70. The molecule has 0 radical (unpaired) electrons. The summed E-state index contributed by atoms with van der Waals surface area (Å²) in [6.45, 7) is 3.69. The van der Waals surface area contributed by atoms with Gasteiger partial charge in [0.15, 0.2) is 0 Å². The summed E-state index contributed by atoms with van der Waals surface area (Å²) in [5.74, 6) is 0. The second kappa shape index (κ2) is 7.77. The molecule has 1 aliphatic rings. The lowest BCUT2D eigenvalue weighted by Crippen LogP contribution is -2.44. The minimum absolute atomic E-state index is 0.207. The summed E-state index contributed by atoms with van der Waals surface area (Å²) >= 11 is 0. The summed E-state index contributed by atoms with van der Waals surface area (Å²) in [4.78, 5) is 2.45. The molecule has 0 amide bonds. The van der Waals surface area contributed by atoms with Gasteiger partial charge in [-0.25, -0.2) is 0 Å². The topological polar surface area (TPSA) is 49.5 Å². The van der Waals surface area contributed by atoms with Gasteiger partial charge >= 0.3 is 0 Å². The molecule has 2 rings (SSSR count). The number of hydrogen-bond donors (Lipinski definition) is 2. The highest BCUT2D eigenvalue weighted by atomic mass is 16.3. The van der Waals surface area contributed by atoms with E-state index < -0.39 is 0 Å². The van der Waals surface area contributed by atoms with Crippen LogP contribution in [0.5, 0.6) is 0 Å². The van der Waals surface area contributed by atoms with Gasteiger partial charge in [-0.3, -0.25) is 4.90 Å². The van der Waals surface area contributed by atoms with Crippen LogP contribution in [0.2, 0.25) is 0 Å². The van der Waals surface area contributed by atoms with Crippen LogP contribution in [-0.2, 0) is 0 Å². The van der Waals surface area contributed by atoms with Crippen molar-refractivity contribution in [3.8, 4) is 0 Å². The van der Waals surface area contributed by atoms with Gasteiger partial charge in [-0.1, -0.05) is 43.5 Å². The first-order valence-corrected chi connectivity index (χ1v) is 7.90. The summed E-state index contributed by atoms with van der Waals surface area (Å²) < 4.78 is 0. The maximum Gasteiger partial charge on any atom is 0.0558 e. The van der Waals surface area contributed by atoms with Crippen molar-refractivity contribution in [1.29, 1.82) is 0 Å². The molecule has 0 aromatic heterocycles. The van der Waals surface area contributed by atoms with Gasteiger partial charge in [-0.2, -0.15) is 0 Å². The zero-order valence-corrected chi connectivity index (χ0v) is 12.6. The van der Waals surface area contributed by atoms with E-state index in [1.54, 1.807) is 0 Å². The fourth-order valence-electron chi connectivity index (χ4n) is 3.52. The summed E-state index contributed by atoms with van der Waals surface area (Å²) in [6, 6.07) is 9.29. The van der Waals surface area contributed by atoms with E-state index in [4.69, 9.17) is 5.73 Å². The fourth-order valence-corrected chi connectivity index (χ4v) is 3.52. The molecule has 1 aromatic carbocycles. The highest BCUT2D eigenvalue weighted by Gasteiger charge is 2.28. The Morgan fingerprint density at radius 1 is 1.25 bits per heavy atom. The van der Waals surface area contributed by atoms with E-state index in [0.717, 1.165) is 6.54 Å². The van der Waals surface area contributed by atoms with Gasteiger partial charge in [0, 0.05) is 25.2 Å². The molecule has 3 nitrogen and oxygen atoms in total. The molecule has 1 saturated carbocycles. The molecule has 3 N–H and O–H groups in total. The van der Waals surface area contributed by atoms with E-state index in [1.807, 2.05) is 0 Å². The maximum atomic E-state index is 9.45. The number of aliphatic hydroxyl groups excluding tert-OH is 1. The molecule has 1 fully saturated rings. The molecule has 1 unspecified atom stereocenters. The first-order valence-electron chi connectivity index (χ1n) is 7.90. The Kier molecular flexibility index (Phi) is 6.02. The van der Waals surface area contributed by atoms with Crippen LogP contribution in [0.3, 0.4) is 0 Å². The molecule has 0 saturated heterocycles. The molecule has 0 heterocycles. The predicted octanol–water partition coefficient (Wildman–Crippen LogP) is 2.62. The number of benzene rings is 1. The predicted molar refractivity (Wildman–Crippen MR) is 83.6 cm³/mol. The summed E-state index contributed by atoms with van der Waals surface area (Å²) in [7, 11) is 0. The Bertz CT molecular complexity index is 402. The van der Waals surface area contributed by atoms with Crippen LogP contribution in [0.15, 0.2) is 24.3 Å². The lowest BCUT2D eigenvalue weighted by molar-refractivity contribution is 0.0827. The van der Waals surface area contributed by atoms with Crippen LogP contribution in [0.1, 0.15) is 49.3 Å². The van der Waals surface area contributed by atoms with Crippen LogP contribution < -0.4 is 5.73 Å². The van der Waals surface area contributed by atoms with Crippen LogP contribution >= 0.6 is 0 Å².